The smallest absolute Gasteiger partial charge is 0.312 e. The average molecular weight is 209 g/mol. The fourth-order valence-electron chi connectivity index (χ4n) is 0.703. The van der Waals surface area contributed by atoms with Crippen LogP contribution < -0.4 is 16.4 Å². The van der Waals surface area contributed by atoms with Gasteiger partial charge in [-0.25, -0.2) is 4.79 Å². The lowest BCUT2D eigenvalue weighted by molar-refractivity contribution is -0.121. The Labute approximate surface area is 89.9 Å². The Balaban J connectivity index is -0.0000000907. The zero-order valence-electron chi connectivity index (χ0n) is 9.22. The summed E-state index contributed by atoms with van der Waals surface area (Å²) in [6.45, 7) is 6.74. The Morgan fingerprint density at radius 3 is 2.14 bits per heavy atom. The van der Waals surface area contributed by atoms with Crippen LogP contribution in [0.2, 0.25) is 0 Å². The zero-order valence-corrected chi connectivity index (χ0v) is 9.22. The predicted molar refractivity (Wildman–Crippen MR) is 63.2 cm³/mol. The number of carbonyl (C=O) groups excluding carboxylic acids is 2. The van der Waals surface area contributed by atoms with Gasteiger partial charge in [0.25, 0.3) is 0 Å². The Bertz CT molecular complexity index is 172. The topological polar surface area (TPSA) is 84.2 Å². The second-order valence-electron chi connectivity index (χ2n) is 2.39. The number of hydrogen-bond acceptors (Lipinski definition) is 2. The first-order valence-electron chi connectivity index (χ1n) is 4.96. The summed E-state index contributed by atoms with van der Waals surface area (Å²) in [6, 6.07) is -0.570. The third-order valence-electron chi connectivity index (χ3n) is 1.22. The Hall–Kier alpha value is -1.26. The average Bonchev–Trinajstić information content (AvgIpc) is 2.16. The standard InChI is InChI=1S/C7H15N3O2.C2H6.3H2/c1-2-3-6(11)9-4-5-10-7(8)12;1-2;;;/h2-5H2,1H3,(H,9,11)(H3,8,10,12);1-2H3;3*1H. The Kier molecular flexibility index (Phi) is 12.8. The highest BCUT2D eigenvalue weighted by molar-refractivity contribution is 5.76. The van der Waals surface area contributed by atoms with E-state index in [0.717, 1.165) is 6.42 Å². The molecule has 90 valence electrons. The number of nitrogens with one attached hydrogen (secondary N) is 2. The predicted octanol–water partition coefficient (Wildman–Crippen LogP) is 1.34. The van der Waals surface area contributed by atoms with E-state index >= 15 is 0 Å². The maximum Gasteiger partial charge on any atom is 0.312 e. The van der Waals surface area contributed by atoms with Gasteiger partial charge in [0, 0.05) is 23.8 Å². The van der Waals surface area contributed by atoms with Crippen LogP contribution in [0, 0.1) is 0 Å². The van der Waals surface area contributed by atoms with Crippen LogP contribution in [0.15, 0.2) is 0 Å². The molecule has 0 heterocycles. The van der Waals surface area contributed by atoms with Crippen LogP contribution in [0.3, 0.4) is 0 Å². The van der Waals surface area contributed by atoms with Crippen molar-refractivity contribution < 1.29 is 13.9 Å². The number of hydrogen-bond donors (Lipinski definition) is 3. The van der Waals surface area contributed by atoms with Gasteiger partial charge in [-0.3, -0.25) is 4.79 Å². The molecule has 0 bridgehead atoms. The Morgan fingerprint density at radius 2 is 1.71 bits per heavy atom. The number of amides is 3. The van der Waals surface area contributed by atoms with E-state index < -0.39 is 6.03 Å². The fraction of sp³-hybridized carbons (Fsp3) is 0.778. The van der Waals surface area contributed by atoms with Crippen LogP contribution >= 0.6 is 0 Å². The summed E-state index contributed by atoms with van der Waals surface area (Å²) in [5.74, 6) is 0.00349. The van der Waals surface area contributed by atoms with Gasteiger partial charge in [0.1, 0.15) is 0 Å². The highest BCUT2D eigenvalue weighted by Crippen LogP contribution is 1.83. The van der Waals surface area contributed by atoms with E-state index in [0.29, 0.717) is 19.5 Å². The minimum absolute atomic E-state index is 0. The molecule has 0 spiro atoms. The number of urea groups is 1. The van der Waals surface area contributed by atoms with E-state index in [4.69, 9.17) is 5.73 Å². The van der Waals surface area contributed by atoms with E-state index in [2.05, 4.69) is 10.6 Å². The molecule has 0 aromatic rings. The lowest BCUT2D eigenvalue weighted by Gasteiger charge is -2.03. The highest BCUT2D eigenvalue weighted by Gasteiger charge is 1.97. The third kappa shape index (κ3) is 13.3. The summed E-state index contributed by atoms with van der Waals surface area (Å²) in [5, 5.41) is 5.00. The van der Waals surface area contributed by atoms with Crippen molar-refractivity contribution in [2.24, 2.45) is 5.73 Å². The number of carbonyl (C=O) groups is 2. The minimum atomic E-state index is -0.570. The van der Waals surface area contributed by atoms with Gasteiger partial charge in [-0.05, 0) is 6.42 Å². The second-order valence-corrected chi connectivity index (χ2v) is 2.39. The van der Waals surface area contributed by atoms with Crippen molar-refractivity contribution in [2.45, 2.75) is 33.6 Å². The molecule has 0 aromatic carbocycles. The van der Waals surface area contributed by atoms with Gasteiger partial charge < -0.3 is 16.4 Å². The molecule has 0 radical (unpaired) electrons. The molecule has 0 rings (SSSR count). The maximum atomic E-state index is 10.8. The molecular weight excluding hydrogens is 182 g/mol. The quantitative estimate of drug-likeness (QED) is 0.597. The van der Waals surface area contributed by atoms with Gasteiger partial charge in [0.15, 0.2) is 0 Å². The Morgan fingerprint density at radius 1 is 1.21 bits per heavy atom. The molecule has 0 aromatic heterocycles. The third-order valence-corrected chi connectivity index (χ3v) is 1.22. The normalized spacial score (nSPS) is 8.21. The SMILES string of the molecule is CC.CCCC(=O)NCCNC(N)=O.[HH].[HH].[HH]. The van der Waals surface area contributed by atoms with Gasteiger partial charge in [0.05, 0.1) is 0 Å². The molecule has 0 aliphatic carbocycles. The first-order valence-corrected chi connectivity index (χ1v) is 4.96. The lowest BCUT2D eigenvalue weighted by Crippen LogP contribution is -2.37. The summed E-state index contributed by atoms with van der Waals surface area (Å²) in [5.41, 5.74) is 4.81. The first-order chi connectivity index (χ1) is 6.66. The van der Waals surface area contributed by atoms with Crippen molar-refractivity contribution >= 4 is 11.9 Å². The molecule has 4 N–H and O–H groups in total. The van der Waals surface area contributed by atoms with Crippen molar-refractivity contribution in [3.63, 3.8) is 0 Å². The second kappa shape index (κ2) is 11.7. The van der Waals surface area contributed by atoms with Crippen LogP contribution in [0.4, 0.5) is 4.79 Å². The molecule has 0 saturated heterocycles. The van der Waals surface area contributed by atoms with E-state index in [-0.39, 0.29) is 10.2 Å². The molecule has 0 fully saturated rings. The molecule has 5 heteroatoms. The van der Waals surface area contributed by atoms with Crippen molar-refractivity contribution in [3.8, 4) is 0 Å². The number of primary amides is 1. The fourth-order valence-corrected chi connectivity index (χ4v) is 0.703. The van der Waals surface area contributed by atoms with Gasteiger partial charge in [-0.1, -0.05) is 20.8 Å². The molecule has 0 atom stereocenters. The molecular formula is C9H27N3O2. The van der Waals surface area contributed by atoms with E-state index in [1.807, 2.05) is 20.8 Å². The van der Waals surface area contributed by atoms with Gasteiger partial charge >= 0.3 is 6.03 Å². The summed E-state index contributed by atoms with van der Waals surface area (Å²) in [6.07, 6.45) is 1.35. The summed E-state index contributed by atoms with van der Waals surface area (Å²) in [4.78, 5) is 21.0. The van der Waals surface area contributed by atoms with E-state index in [9.17, 15) is 9.59 Å². The van der Waals surface area contributed by atoms with Gasteiger partial charge in [-0.2, -0.15) is 0 Å². The van der Waals surface area contributed by atoms with Crippen LogP contribution in [0.25, 0.3) is 0 Å². The van der Waals surface area contributed by atoms with Crippen molar-refractivity contribution in [1.82, 2.24) is 10.6 Å². The minimum Gasteiger partial charge on any atom is -0.354 e. The van der Waals surface area contributed by atoms with Crippen LogP contribution in [-0.2, 0) is 4.79 Å². The molecule has 14 heavy (non-hydrogen) atoms. The molecule has 0 unspecified atom stereocenters. The van der Waals surface area contributed by atoms with Crippen LogP contribution in [-0.4, -0.2) is 25.0 Å². The molecule has 5 nitrogen and oxygen atoms in total. The maximum absolute atomic E-state index is 10.8. The van der Waals surface area contributed by atoms with E-state index in [1.54, 1.807) is 0 Å². The van der Waals surface area contributed by atoms with Gasteiger partial charge in [0.2, 0.25) is 5.91 Å². The zero-order chi connectivity index (χ0) is 11.4. The van der Waals surface area contributed by atoms with E-state index in [1.165, 1.54) is 0 Å². The largest absolute Gasteiger partial charge is 0.354 e. The number of rotatable bonds is 5. The van der Waals surface area contributed by atoms with Crippen molar-refractivity contribution in [2.75, 3.05) is 13.1 Å². The molecule has 3 amide bonds. The summed E-state index contributed by atoms with van der Waals surface area (Å²) >= 11 is 0. The molecule has 0 aliphatic rings. The van der Waals surface area contributed by atoms with Crippen molar-refractivity contribution in [1.29, 1.82) is 0 Å². The lowest BCUT2D eigenvalue weighted by atomic mass is 10.3. The molecule has 0 aliphatic heterocycles. The van der Waals surface area contributed by atoms with Crippen LogP contribution in [0.1, 0.15) is 37.9 Å². The number of nitrogens with two attached hydrogens (primary N) is 1. The van der Waals surface area contributed by atoms with Crippen molar-refractivity contribution in [3.05, 3.63) is 0 Å². The summed E-state index contributed by atoms with van der Waals surface area (Å²) < 4.78 is 0. The highest BCUT2D eigenvalue weighted by atomic mass is 16.2. The first kappa shape index (κ1) is 15.2. The monoisotopic (exact) mass is 209 g/mol. The van der Waals surface area contributed by atoms with Crippen LogP contribution in [0.5, 0.6) is 0 Å². The van der Waals surface area contributed by atoms with Gasteiger partial charge in [-0.15, -0.1) is 0 Å². The molecule has 0 saturated carbocycles. The summed E-state index contributed by atoms with van der Waals surface area (Å²) in [7, 11) is 0.